The van der Waals surface area contributed by atoms with Crippen LogP contribution in [-0.2, 0) is 11.2 Å². The number of hydrogen-bond acceptors (Lipinski definition) is 4. The Kier molecular flexibility index (Phi) is 4.54. The molecule has 2 aliphatic heterocycles. The van der Waals surface area contributed by atoms with Gasteiger partial charge in [-0.25, -0.2) is 0 Å². The van der Waals surface area contributed by atoms with Crippen molar-refractivity contribution < 1.29 is 14.6 Å². The quantitative estimate of drug-likeness (QED) is 0.926. The van der Waals surface area contributed by atoms with Crippen molar-refractivity contribution in [1.29, 1.82) is 0 Å². The molecule has 2 aliphatic rings. The molecule has 20 heavy (non-hydrogen) atoms. The summed E-state index contributed by atoms with van der Waals surface area (Å²) in [6, 6.07) is 8.04. The minimum atomic E-state index is 0.0551. The SMILES string of the molecule is OCCc1ccccc1OC1CCOC2(CCSC2)C1. The Morgan fingerprint density at radius 1 is 1.40 bits per heavy atom. The van der Waals surface area contributed by atoms with E-state index in [1.54, 1.807) is 0 Å². The van der Waals surface area contributed by atoms with Crippen LogP contribution in [0.5, 0.6) is 5.75 Å². The Morgan fingerprint density at radius 2 is 2.30 bits per heavy atom. The molecule has 0 aromatic heterocycles. The van der Waals surface area contributed by atoms with Crippen LogP contribution >= 0.6 is 11.8 Å². The zero-order chi connectivity index (χ0) is 13.8. The van der Waals surface area contributed by atoms with E-state index >= 15 is 0 Å². The normalized spacial score (nSPS) is 29.8. The molecular formula is C16H22O3S. The maximum Gasteiger partial charge on any atom is 0.122 e. The van der Waals surface area contributed by atoms with Gasteiger partial charge in [-0.15, -0.1) is 0 Å². The molecule has 3 rings (SSSR count). The highest BCUT2D eigenvalue weighted by Gasteiger charge is 2.41. The summed E-state index contributed by atoms with van der Waals surface area (Å²) in [5, 5.41) is 9.14. The lowest BCUT2D eigenvalue weighted by Gasteiger charge is -2.37. The molecule has 1 N–H and O–H groups in total. The van der Waals surface area contributed by atoms with Crippen molar-refractivity contribution >= 4 is 11.8 Å². The molecule has 0 aliphatic carbocycles. The molecule has 3 nitrogen and oxygen atoms in total. The first kappa shape index (κ1) is 14.2. The minimum Gasteiger partial charge on any atom is -0.490 e. The van der Waals surface area contributed by atoms with Gasteiger partial charge in [-0.2, -0.15) is 11.8 Å². The van der Waals surface area contributed by atoms with Crippen molar-refractivity contribution in [2.24, 2.45) is 0 Å². The van der Waals surface area contributed by atoms with Gasteiger partial charge in [-0.3, -0.25) is 0 Å². The van der Waals surface area contributed by atoms with Crippen LogP contribution in [0, 0.1) is 0 Å². The van der Waals surface area contributed by atoms with Crippen LogP contribution in [0.15, 0.2) is 24.3 Å². The summed E-state index contributed by atoms with van der Waals surface area (Å²) in [6.07, 6.45) is 3.99. The van der Waals surface area contributed by atoms with Crippen LogP contribution in [0.1, 0.15) is 24.8 Å². The number of aliphatic hydroxyl groups is 1. The second-order valence-corrected chi connectivity index (χ2v) is 6.75. The molecule has 1 aromatic rings. The first-order valence-electron chi connectivity index (χ1n) is 7.38. The van der Waals surface area contributed by atoms with E-state index in [-0.39, 0.29) is 18.3 Å². The molecule has 2 atom stereocenters. The van der Waals surface area contributed by atoms with Crippen molar-refractivity contribution in [2.45, 2.75) is 37.4 Å². The van der Waals surface area contributed by atoms with Crippen LogP contribution < -0.4 is 4.74 Å². The van der Waals surface area contributed by atoms with Crippen LogP contribution in [0.3, 0.4) is 0 Å². The Labute approximate surface area is 124 Å². The van der Waals surface area contributed by atoms with Gasteiger partial charge in [-0.05, 0) is 30.2 Å². The average Bonchev–Trinajstić information content (AvgIpc) is 2.89. The summed E-state index contributed by atoms with van der Waals surface area (Å²) in [7, 11) is 0. The van der Waals surface area contributed by atoms with Gasteiger partial charge in [0.05, 0.1) is 12.2 Å². The van der Waals surface area contributed by atoms with E-state index in [0.717, 1.165) is 42.9 Å². The number of rotatable bonds is 4. The predicted octanol–water partition coefficient (Wildman–Crippen LogP) is 2.65. The molecule has 0 radical (unpaired) electrons. The third-order valence-electron chi connectivity index (χ3n) is 4.16. The Hall–Kier alpha value is -0.710. The van der Waals surface area contributed by atoms with Gasteiger partial charge in [0, 0.05) is 25.2 Å². The van der Waals surface area contributed by atoms with Crippen molar-refractivity contribution in [2.75, 3.05) is 24.7 Å². The Bertz CT molecular complexity index is 443. The molecule has 2 unspecified atom stereocenters. The van der Waals surface area contributed by atoms with E-state index in [2.05, 4.69) is 0 Å². The highest BCUT2D eigenvalue weighted by Crippen LogP contribution is 2.39. The summed E-state index contributed by atoms with van der Waals surface area (Å²) >= 11 is 1.99. The zero-order valence-electron chi connectivity index (χ0n) is 11.7. The largest absolute Gasteiger partial charge is 0.490 e. The minimum absolute atomic E-state index is 0.0551. The summed E-state index contributed by atoms with van der Waals surface area (Å²) in [6.45, 7) is 0.960. The molecule has 1 aromatic carbocycles. The Balaban J connectivity index is 1.68. The third kappa shape index (κ3) is 3.13. The summed E-state index contributed by atoms with van der Waals surface area (Å²) in [5.74, 6) is 3.23. The topological polar surface area (TPSA) is 38.7 Å². The fourth-order valence-corrected chi connectivity index (χ4v) is 4.45. The van der Waals surface area contributed by atoms with Crippen LogP contribution in [0.25, 0.3) is 0 Å². The zero-order valence-corrected chi connectivity index (χ0v) is 12.5. The van der Waals surface area contributed by atoms with Crippen molar-refractivity contribution in [1.82, 2.24) is 0 Å². The molecule has 1 spiro atoms. The van der Waals surface area contributed by atoms with E-state index in [9.17, 15) is 0 Å². The van der Waals surface area contributed by atoms with E-state index in [1.165, 1.54) is 5.75 Å². The lowest BCUT2D eigenvalue weighted by molar-refractivity contribution is -0.0960. The molecule has 0 bridgehead atoms. The lowest BCUT2D eigenvalue weighted by Crippen LogP contribution is -2.43. The average molecular weight is 294 g/mol. The maximum absolute atomic E-state index is 9.14. The highest BCUT2D eigenvalue weighted by atomic mass is 32.2. The van der Waals surface area contributed by atoms with Gasteiger partial charge >= 0.3 is 0 Å². The molecule has 2 heterocycles. The molecule has 110 valence electrons. The Morgan fingerprint density at radius 3 is 3.10 bits per heavy atom. The third-order valence-corrected chi connectivity index (χ3v) is 5.39. The first-order valence-corrected chi connectivity index (χ1v) is 8.54. The summed E-state index contributed by atoms with van der Waals surface area (Å²) < 4.78 is 12.3. The fraction of sp³-hybridized carbons (Fsp3) is 0.625. The van der Waals surface area contributed by atoms with Gasteiger partial charge in [-0.1, -0.05) is 18.2 Å². The number of para-hydroxylation sites is 1. The van der Waals surface area contributed by atoms with Gasteiger partial charge in [0.15, 0.2) is 0 Å². The molecule has 4 heteroatoms. The van der Waals surface area contributed by atoms with Gasteiger partial charge in [0.1, 0.15) is 11.9 Å². The van der Waals surface area contributed by atoms with E-state index in [4.69, 9.17) is 14.6 Å². The first-order chi connectivity index (χ1) is 9.81. The maximum atomic E-state index is 9.14. The van der Waals surface area contributed by atoms with Crippen LogP contribution in [0.4, 0.5) is 0 Å². The molecule has 0 saturated carbocycles. The second-order valence-electron chi connectivity index (χ2n) is 5.65. The summed E-state index contributed by atoms with van der Waals surface area (Å²) in [5.41, 5.74) is 1.15. The lowest BCUT2D eigenvalue weighted by atomic mass is 9.91. The number of thioether (sulfide) groups is 1. The standard InChI is InChI=1S/C16H22O3S/c17-8-5-13-3-1-2-4-15(13)19-14-6-9-18-16(11-14)7-10-20-12-16/h1-4,14,17H,5-12H2. The van der Waals surface area contributed by atoms with Crippen molar-refractivity contribution in [3.8, 4) is 5.75 Å². The monoisotopic (exact) mass is 294 g/mol. The van der Waals surface area contributed by atoms with Gasteiger partial charge in [0.2, 0.25) is 0 Å². The second kappa shape index (κ2) is 6.37. The predicted molar refractivity (Wildman–Crippen MR) is 81.5 cm³/mol. The van der Waals surface area contributed by atoms with E-state index in [1.807, 2.05) is 36.0 Å². The van der Waals surface area contributed by atoms with Gasteiger partial charge in [0.25, 0.3) is 0 Å². The highest BCUT2D eigenvalue weighted by molar-refractivity contribution is 7.99. The molecule has 2 fully saturated rings. The van der Waals surface area contributed by atoms with E-state index in [0.29, 0.717) is 6.42 Å². The number of ether oxygens (including phenoxy) is 2. The number of aliphatic hydroxyl groups excluding tert-OH is 1. The van der Waals surface area contributed by atoms with Crippen LogP contribution in [0.2, 0.25) is 0 Å². The molecular weight excluding hydrogens is 272 g/mol. The number of benzene rings is 1. The van der Waals surface area contributed by atoms with Crippen molar-refractivity contribution in [3.63, 3.8) is 0 Å². The molecule has 2 saturated heterocycles. The number of hydrogen-bond donors (Lipinski definition) is 1. The van der Waals surface area contributed by atoms with Crippen LogP contribution in [-0.4, -0.2) is 41.5 Å². The van der Waals surface area contributed by atoms with Gasteiger partial charge < -0.3 is 14.6 Å². The van der Waals surface area contributed by atoms with E-state index < -0.39 is 0 Å². The molecule has 0 amide bonds. The fourth-order valence-electron chi connectivity index (χ4n) is 3.07. The summed E-state index contributed by atoms with van der Waals surface area (Å²) in [4.78, 5) is 0. The van der Waals surface area contributed by atoms with Crippen molar-refractivity contribution in [3.05, 3.63) is 29.8 Å². The smallest absolute Gasteiger partial charge is 0.122 e.